The Bertz CT molecular complexity index is 1290. The summed E-state index contributed by atoms with van der Waals surface area (Å²) in [6, 6.07) is 11.6. The topological polar surface area (TPSA) is 101 Å². The molecule has 4 rings (SSSR count). The lowest BCUT2D eigenvalue weighted by Crippen LogP contribution is -2.30. The van der Waals surface area contributed by atoms with Crippen LogP contribution >= 0.6 is 23.6 Å². The molecule has 3 aromatic rings. The van der Waals surface area contributed by atoms with Gasteiger partial charge in [-0.25, -0.2) is 9.18 Å². The normalized spacial score (nSPS) is 15.4. The number of hydrogen-bond acceptors (Lipinski definition) is 7. The number of amides is 1. The number of aromatic nitrogens is 1. The number of carbonyl (C=O) groups excluding carboxylic acids is 1. The van der Waals surface area contributed by atoms with Crippen LogP contribution in [0.5, 0.6) is 17.4 Å². The number of carboxylic acids is 1. The second-order valence-electron chi connectivity index (χ2n) is 7.83. The van der Waals surface area contributed by atoms with E-state index in [-0.39, 0.29) is 34.1 Å². The lowest BCUT2D eigenvalue weighted by Gasteiger charge is -2.16. The number of nitrogens with zero attached hydrogens (tertiary/aromatic N) is 2. The molecule has 1 saturated heterocycles. The van der Waals surface area contributed by atoms with Gasteiger partial charge in [-0.2, -0.15) is 0 Å². The lowest BCUT2D eigenvalue weighted by molar-refractivity contribution is -0.137. The minimum absolute atomic E-state index is 0.0256. The minimum atomic E-state index is -1.12. The largest absolute Gasteiger partial charge is 0.494 e. The molecule has 2 aromatic carbocycles. The average molecular weight is 505 g/mol. The van der Waals surface area contributed by atoms with Crippen molar-refractivity contribution < 1.29 is 33.7 Å². The zero-order chi connectivity index (χ0) is 24.4. The van der Waals surface area contributed by atoms with Gasteiger partial charge < -0.3 is 24.6 Å². The average Bonchev–Trinajstić information content (AvgIpc) is 3.24. The Hall–Kier alpha value is -3.44. The summed E-state index contributed by atoms with van der Waals surface area (Å²) in [7, 11) is 1.70. The molecule has 1 aromatic heterocycles. The van der Waals surface area contributed by atoms with Gasteiger partial charge in [0.25, 0.3) is 0 Å². The monoisotopic (exact) mass is 504 g/mol. The van der Waals surface area contributed by atoms with Crippen molar-refractivity contribution in [2.45, 2.75) is 25.4 Å². The van der Waals surface area contributed by atoms with Crippen LogP contribution in [0.15, 0.2) is 42.5 Å². The third-order valence-corrected chi connectivity index (χ3v) is 6.89. The number of ether oxygens (including phenoxy) is 2. The van der Waals surface area contributed by atoms with Crippen LogP contribution in [0, 0.1) is 9.77 Å². The summed E-state index contributed by atoms with van der Waals surface area (Å²) in [5, 5.41) is 19.2. The van der Waals surface area contributed by atoms with Gasteiger partial charge in [0.15, 0.2) is 15.5 Å². The van der Waals surface area contributed by atoms with Gasteiger partial charge in [0.2, 0.25) is 5.88 Å². The number of benzene rings is 2. The zero-order valence-corrected chi connectivity index (χ0v) is 19.7. The minimum Gasteiger partial charge on any atom is -0.494 e. The van der Waals surface area contributed by atoms with E-state index < -0.39 is 18.3 Å². The second-order valence-corrected chi connectivity index (χ2v) is 9.56. The maximum Gasteiger partial charge on any atom is 0.409 e. The van der Waals surface area contributed by atoms with Gasteiger partial charge in [-0.1, -0.05) is 18.2 Å². The molecule has 178 valence electrons. The first-order valence-corrected chi connectivity index (χ1v) is 11.5. The van der Waals surface area contributed by atoms with Gasteiger partial charge in [-0.05, 0) is 54.0 Å². The molecule has 8 nitrogen and oxygen atoms in total. The van der Waals surface area contributed by atoms with Gasteiger partial charge in [0.05, 0.1) is 10.9 Å². The maximum absolute atomic E-state index is 14.7. The van der Waals surface area contributed by atoms with Crippen molar-refractivity contribution in [3.63, 3.8) is 0 Å². The van der Waals surface area contributed by atoms with Crippen LogP contribution in [-0.2, 0) is 28.9 Å². The molecule has 0 spiro atoms. The van der Waals surface area contributed by atoms with E-state index in [0.29, 0.717) is 29.2 Å². The predicted molar refractivity (Wildman–Crippen MR) is 125 cm³/mol. The second kappa shape index (κ2) is 9.82. The molecule has 2 heterocycles. The predicted octanol–water partition coefficient (Wildman–Crippen LogP) is 4.58. The molecule has 1 fully saturated rings. The quantitative estimate of drug-likeness (QED) is 0.433. The van der Waals surface area contributed by atoms with Crippen LogP contribution in [0.1, 0.15) is 16.0 Å². The van der Waals surface area contributed by atoms with E-state index in [1.165, 1.54) is 12.1 Å². The third kappa shape index (κ3) is 5.20. The van der Waals surface area contributed by atoms with Gasteiger partial charge in [0.1, 0.15) is 18.9 Å². The Labute approximate surface area is 203 Å². The first kappa shape index (κ1) is 23.7. The SMILES string of the molecule is CN1C(=O)OCC1Cc1ccc(Oc2ccc(Cc3sc(=S)n(CC(=O)O)c3O)cc2F)cc1. The van der Waals surface area contributed by atoms with E-state index in [1.807, 2.05) is 12.1 Å². The third-order valence-electron chi connectivity index (χ3n) is 5.45. The fourth-order valence-electron chi connectivity index (χ4n) is 3.57. The summed E-state index contributed by atoms with van der Waals surface area (Å²) in [5.74, 6) is -1.41. The van der Waals surface area contributed by atoms with Crippen LogP contribution in [0.4, 0.5) is 9.18 Å². The molecule has 0 saturated carbocycles. The van der Waals surface area contributed by atoms with Crippen LogP contribution < -0.4 is 4.74 Å². The summed E-state index contributed by atoms with van der Waals surface area (Å²) in [4.78, 5) is 24.4. The lowest BCUT2D eigenvalue weighted by atomic mass is 10.1. The number of cyclic esters (lactones) is 1. The van der Waals surface area contributed by atoms with Gasteiger partial charge in [0, 0.05) is 13.5 Å². The van der Waals surface area contributed by atoms with Crippen molar-refractivity contribution in [1.82, 2.24) is 9.47 Å². The number of rotatable bonds is 8. The summed E-state index contributed by atoms with van der Waals surface area (Å²) in [6.07, 6.45) is 0.502. The molecular formula is C23H21FN2O6S2. The van der Waals surface area contributed by atoms with Crippen LogP contribution in [-0.4, -0.2) is 51.4 Å². The van der Waals surface area contributed by atoms with Crippen LogP contribution in [0.3, 0.4) is 0 Å². The first-order valence-electron chi connectivity index (χ1n) is 10.3. The van der Waals surface area contributed by atoms with E-state index in [1.54, 1.807) is 30.1 Å². The fourth-order valence-corrected chi connectivity index (χ4v) is 4.94. The molecule has 34 heavy (non-hydrogen) atoms. The van der Waals surface area contributed by atoms with E-state index in [9.17, 15) is 19.1 Å². The highest BCUT2D eigenvalue weighted by Crippen LogP contribution is 2.31. The van der Waals surface area contributed by atoms with E-state index in [4.69, 9.17) is 26.8 Å². The van der Waals surface area contributed by atoms with E-state index in [0.717, 1.165) is 21.5 Å². The molecule has 1 unspecified atom stereocenters. The van der Waals surface area contributed by atoms with Crippen molar-refractivity contribution in [3.8, 4) is 17.4 Å². The summed E-state index contributed by atoms with van der Waals surface area (Å²) in [6.45, 7) is -0.0912. The smallest absolute Gasteiger partial charge is 0.409 e. The van der Waals surface area contributed by atoms with E-state index in [2.05, 4.69) is 0 Å². The Morgan fingerprint density at radius 1 is 1.26 bits per heavy atom. The van der Waals surface area contributed by atoms with Crippen molar-refractivity contribution in [2.75, 3.05) is 13.7 Å². The molecule has 0 radical (unpaired) electrons. The maximum atomic E-state index is 14.7. The summed E-state index contributed by atoms with van der Waals surface area (Å²) < 4.78 is 26.7. The summed E-state index contributed by atoms with van der Waals surface area (Å²) >= 11 is 6.20. The number of likely N-dealkylation sites (N-methyl/N-ethyl adjacent to an activating group) is 1. The number of carboxylic acid groups (broad SMARTS) is 1. The Kier molecular flexibility index (Phi) is 6.85. The first-order chi connectivity index (χ1) is 16.2. The Balaban J connectivity index is 1.41. The number of thiazole rings is 1. The molecule has 1 aliphatic heterocycles. The number of aromatic hydroxyl groups is 1. The molecule has 2 N–H and O–H groups in total. The molecule has 1 atom stereocenters. The molecule has 1 aliphatic rings. The Morgan fingerprint density at radius 2 is 1.97 bits per heavy atom. The van der Waals surface area contributed by atoms with Crippen molar-refractivity contribution in [2.24, 2.45) is 0 Å². The highest BCUT2D eigenvalue weighted by molar-refractivity contribution is 7.73. The van der Waals surface area contributed by atoms with Crippen molar-refractivity contribution in [3.05, 3.63) is 68.2 Å². The number of carbonyl (C=O) groups is 2. The number of halogens is 1. The van der Waals surface area contributed by atoms with Crippen molar-refractivity contribution >= 4 is 35.6 Å². The standard InChI is InChI=1S/C23H21FN2O6S2/c1-25-15(12-31-22(25)30)8-13-2-5-16(6-3-13)32-18-7-4-14(9-17(18)24)10-19-21(29)26(11-20(27)28)23(33)34-19/h2-7,9,15,29H,8,10-12H2,1H3,(H,27,28). The van der Waals surface area contributed by atoms with E-state index >= 15 is 0 Å². The number of hydrogen-bond donors (Lipinski definition) is 2. The van der Waals surface area contributed by atoms with Gasteiger partial charge in [-0.15, -0.1) is 11.3 Å². The molecule has 0 aliphatic carbocycles. The highest BCUT2D eigenvalue weighted by Gasteiger charge is 2.29. The number of aliphatic carboxylic acids is 1. The zero-order valence-electron chi connectivity index (χ0n) is 18.1. The molecule has 1 amide bonds. The van der Waals surface area contributed by atoms with Crippen molar-refractivity contribution in [1.29, 1.82) is 0 Å². The Morgan fingerprint density at radius 3 is 2.59 bits per heavy atom. The van der Waals surface area contributed by atoms with Crippen LogP contribution in [0.2, 0.25) is 0 Å². The molecule has 11 heteroatoms. The fraction of sp³-hybridized carbons (Fsp3) is 0.261. The molecular weight excluding hydrogens is 483 g/mol. The highest BCUT2D eigenvalue weighted by atomic mass is 32.1. The van der Waals surface area contributed by atoms with Gasteiger partial charge in [-0.3, -0.25) is 9.36 Å². The summed E-state index contributed by atoms with van der Waals surface area (Å²) in [5.41, 5.74) is 1.57. The van der Waals surface area contributed by atoms with Crippen LogP contribution in [0.25, 0.3) is 0 Å². The molecule has 0 bridgehead atoms. The van der Waals surface area contributed by atoms with Gasteiger partial charge >= 0.3 is 12.1 Å².